The van der Waals surface area contributed by atoms with Crippen LogP contribution in [0.2, 0.25) is 0 Å². The minimum absolute atomic E-state index is 0.587. The van der Waals surface area contributed by atoms with E-state index in [4.69, 9.17) is 0 Å². The Kier molecular flexibility index (Phi) is 4.47. The van der Waals surface area contributed by atoms with E-state index in [9.17, 15) is 0 Å². The van der Waals surface area contributed by atoms with Gasteiger partial charge < -0.3 is 10.6 Å². The smallest absolute Gasteiger partial charge is 0.229 e. The topological polar surface area (TPSA) is 49.8 Å². The molecule has 0 aliphatic heterocycles. The largest absolute Gasteiger partial charge is 0.340 e. The zero-order valence-electron chi connectivity index (χ0n) is 14.5. The highest BCUT2D eigenvalue weighted by molar-refractivity contribution is 5.67. The lowest BCUT2D eigenvalue weighted by Gasteiger charge is -2.14. The molecule has 3 aromatic rings. The Labute approximate surface area is 143 Å². The molecule has 3 rings (SSSR count). The fourth-order valence-electron chi connectivity index (χ4n) is 2.75. The van der Waals surface area contributed by atoms with E-state index in [1.54, 1.807) is 6.20 Å². The molecule has 0 unspecified atom stereocenters. The molecule has 0 bridgehead atoms. The normalized spacial score (nSPS) is 10.5. The Morgan fingerprint density at radius 1 is 0.667 bits per heavy atom. The van der Waals surface area contributed by atoms with E-state index >= 15 is 0 Å². The fourth-order valence-corrected chi connectivity index (χ4v) is 2.75. The molecule has 4 heteroatoms. The molecule has 2 N–H and O–H groups in total. The summed E-state index contributed by atoms with van der Waals surface area (Å²) in [6.45, 7) is 8.33. The maximum Gasteiger partial charge on any atom is 0.229 e. The van der Waals surface area contributed by atoms with Crippen LogP contribution in [0, 0.1) is 27.7 Å². The zero-order chi connectivity index (χ0) is 17.1. The average molecular weight is 318 g/mol. The predicted octanol–water partition coefficient (Wildman–Crippen LogP) is 5.20. The van der Waals surface area contributed by atoms with Crippen LogP contribution in [0.15, 0.2) is 48.7 Å². The van der Waals surface area contributed by atoms with E-state index in [1.165, 1.54) is 22.3 Å². The van der Waals surface area contributed by atoms with Crippen LogP contribution in [0.4, 0.5) is 23.1 Å². The molecule has 0 fully saturated rings. The summed E-state index contributed by atoms with van der Waals surface area (Å²) in [5.74, 6) is 1.36. The van der Waals surface area contributed by atoms with Gasteiger partial charge in [-0.25, -0.2) is 4.98 Å². The number of aromatic nitrogens is 2. The molecule has 0 atom stereocenters. The van der Waals surface area contributed by atoms with Crippen molar-refractivity contribution in [1.29, 1.82) is 0 Å². The van der Waals surface area contributed by atoms with Gasteiger partial charge in [0.15, 0.2) is 0 Å². The van der Waals surface area contributed by atoms with Crippen LogP contribution < -0.4 is 10.6 Å². The summed E-state index contributed by atoms with van der Waals surface area (Å²) in [5, 5.41) is 6.74. The first-order valence-electron chi connectivity index (χ1n) is 8.04. The number of rotatable bonds is 4. The number of benzene rings is 2. The quantitative estimate of drug-likeness (QED) is 0.694. The molecular weight excluding hydrogens is 296 g/mol. The molecular formula is C20H22N4. The van der Waals surface area contributed by atoms with Crippen molar-refractivity contribution in [2.45, 2.75) is 27.7 Å². The SMILES string of the molecule is Cc1cccc(C)c1Nc1ccnc(Nc2c(C)cccc2C)n1. The van der Waals surface area contributed by atoms with Crippen molar-refractivity contribution >= 4 is 23.1 Å². The van der Waals surface area contributed by atoms with Gasteiger partial charge in [-0.15, -0.1) is 0 Å². The number of hydrogen-bond acceptors (Lipinski definition) is 4. The minimum Gasteiger partial charge on any atom is -0.340 e. The third-order valence-corrected chi connectivity index (χ3v) is 4.11. The van der Waals surface area contributed by atoms with Crippen LogP contribution in [-0.4, -0.2) is 9.97 Å². The monoisotopic (exact) mass is 318 g/mol. The molecule has 1 heterocycles. The van der Waals surface area contributed by atoms with E-state index in [0.717, 1.165) is 17.2 Å². The highest BCUT2D eigenvalue weighted by Gasteiger charge is 2.07. The van der Waals surface area contributed by atoms with Crippen LogP contribution in [0.25, 0.3) is 0 Å². The Hall–Kier alpha value is -2.88. The molecule has 0 radical (unpaired) electrons. The zero-order valence-corrected chi connectivity index (χ0v) is 14.5. The molecule has 4 nitrogen and oxygen atoms in total. The third-order valence-electron chi connectivity index (χ3n) is 4.11. The average Bonchev–Trinajstić information content (AvgIpc) is 2.55. The molecule has 0 aliphatic rings. The van der Waals surface area contributed by atoms with Gasteiger partial charge in [-0.1, -0.05) is 36.4 Å². The first-order valence-corrected chi connectivity index (χ1v) is 8.04. The van der Waals surface area contributed by atoms with Crippen LogP contribution in [-0.2, 0) is 0 Å². The standard InChI is InChI=1S/C20H22N4/c1-13-7-5-8-14(2)18(13)22-17-11-12-21-20(23-17)24-19-15(3)9-6-10-16(19)4/h5-12H,1-4H3,(H2,21,22,23,24). The lowest BCUT2D eigenvalue weighted by Crippen LogP contribution is -2.03. The Morgan fingerprint density at radius 3 is 1.71 bits per heavy atom. The Morgan fingerprint density at radius 2 is 1.17 bits per heavy atom. The number of aryl methyl sites for hydroxylation is 4. The Bertz CT molecular complexity index is 762. The second-order valence-electron chi connectivity index (χ2n) is 6.05. The summed E-state index contributed by atoms with van der Waals surface area (Å²) in [7, 11) is 0. The van der Waals surface area contributed by atoms with E-state index in [2.05, 4.69) is 84.7 Å². The lowest BCUT2D eigenvalue weighted by atomic mass is 10.1. The molecule has 24 heavy (non-hydrogen) atoms. The van der Waals surface area contributed by atoms with Crippen molar-refractivity contribution in [3.8, 4) is 0 Å². The highest BCUT2D eigenvalue weighted by Crippen LogP contribution is 2.25. The van der Waals surface area contributed by atoms with Gasteiger partial charge in [-0.2, -0.15) is 4.98 Å². The second kappa shape index (κ2) is 6.71. The molecule has 0 saturated carbocycles. The summed E-state index contributed by atoms with van der Waals surface area (Å²) < 4.78 is 0. The number of para-hydroxylation sites is 2. The molecule has 0 spiro atoms. The van der Waals surface area contributed by atoms with E-state index in [-0.39, 0.29) is 0 Å². The minimum atomic E-state index is 0.587. The Balaban J connectivity index is 1.87. The van der Waals surface area contributed by atoms with Crippen molar-refractivity contribution in [1.82, 2.24) is 9.97 Å². The van der Waals surface area contributed by atoms with Gasteiger partial charge in [0.25, 0.3) is 0 Å². The van der Waals surface area contributed by atoms with Crippen molar-refractivity contribution in [3.05, 3.63) is 70.9 Å². The second-order valence-corrected chi connectivity index (χ2v) is 6.05. The summed E-state index contributed by atoms with van der Waals surface area (Å²) in [6, 6.07) is 14.3. The molecule has 0 aliphatic carbocycles. The van der Waals surface area contributed by atoms with Gasteiger partial charge in [-0.3, -0.25) is 0 Å². The van der Waals surface area contributed by atoms with Crippen LogP contribution in [0.1, 0.15) is 22.3 Å². The predicted molar refractivity (Wildman–Crippen MR) is 100 cm³/mol. The van der Waals surface area contributed by atoms with E-state index in [1.807, 2.05) is 6.07 Å². The number of hydrogen-bond donors (Lipinski definition) is 2. The summed E-state index contributed by atoms with van der Waals surface area (Å²) in [5.41, 5.74) is 6.88. The maximum atomic E-state index is 4.59. The number of anilines is 4. The summed E-state index contributed by atoms with van der Waals surface area (Å²) in [4.78, 5) is 8.94. The van der Waals surface area contributed by atoms with Gasteiger partial charge in [0.05, 0.1) is 0 Å². The first-order chi connectivity index (χ1) is 11.5. The van der Waals surface area contributed by atoms with Crippen molar-refractivity contribution < 1.29 is 0 Å². The first kappa shape index (κ1) is 16.0. The number of nitrogens with zero attached hydrogens (tertiary/aromatic N) is 2. The van der Waals surface area contributed by atoms with Gasteiger partial charge in [0.2, 0.25) is 5.95 Å². The van der Waals surface area contributed by atoms with Gasteiger partial charge in [-0.05, 0) is 56.0 Å². The molecule has 0 amide bonds. The fraction of sp³-hybridized carbons (Fsp3) is 0.200. The van der Waals surface area contributed by atoms with Crippen molar-refractivity contribution in [2.75, 3.05) is 10.6 Å². The maximum absolute atomic E-state index is 4.59. The highest BCUT2D eigenvalue weighted by atomic mass is 15.1. The molecule has 122 valence electrons. The molecule has 1 aromatic heterocycles. The van der Waals surface area contributed by atoms with Crippen LogP contribution >= 0.6 is 0 Å². The van der Waals surface area contributed by atoms with Crippen LogP contribution in [0.5, 0.6) is 0 Å². The number of nitrogens with one attached hydrogen (secondary N) is 2. The summed E-state index contributed by atoms with van der Waals surface area (Å²) >= 11 is 0. The molecule has 2 aromatic carbocycles. The van der Waals surface area contributed by atoms with Crippen molar-refractivity contribution in [2.24, 2.45) is 0 Å². The third kappa shape index (κ3) is 3.38. The van der Waals surface area contributed by atoms with Gasteiger partial charge in [0.1, 0.15) is 5.82 Å². The van der Waals surface area contributed by atoms with E-state index < -0.39 is 0 Å². The van der Waals surface area contributed by atoms with Crippen molar-refractivity contribution in [3.63, 3.8) is 0 Å². The summed E-state index contributed by atoms with van der Waals surface area (Å²) in [6.07, 6.45) is 1.76. The molecule has 0 saturated heterocycles. The van der Waals surface area contributed by atoms with Crippen LogP contribution in [0.3, 0.4) is 0 Å². The van der Waals surface area contributed by atoms with Gasteiger partial charge in [0, 0.05) is 17.6 Å². The van der Waals surface area contributed by atoms with E-state index in [0.29, 0.717) is 5.95 Å². The van der Waals surface area contributed by atoms with Gasteiger partial charge >= 0.3 is 0 Å². The lowest BCUT2D eigenvalue weighted by molar-refractivity contribution is 1.15.